The first-order valence-electron chi connectivity index (χ1n) is 6.22. The van der Waals surface area contributed by atoms with Crippen molar-refractivity contribution in [2.45, 2.75) is 40.2 Å². The van der Waals surface area contributed by atoms with E-state index in [4.69, 9.17) is 5.11 Å². The molecule has 1 amide bonds. The predicted octanol–water partition coefficient (Wildman–Crippen LogP) is 1.04. The fraction of sp³-hybridized carbons (Fsp3) is 0.833. The molecule has 0 spiro atoms. The zero-order valence-corrected chi connectivity index (χ0v) is 11.3. The van der Waals surface area contributed by atoms with E-state index < -0.39 is 5.97 Å². The van der Waals surface area contributed by atoms with Gasteiger partial charge in [-0.25, -0.2) is 0 Å². The van der Waals surface area contributed by atoms with Gasteiger partial charge in [0.2, 0.25) is 5.91 Å². The number of rotatable bonds is 8. The lowest BCUT2D eigenvalue weighted by molar-refractivity contribution is -0.142. The van der Waals surface area contributed by atoms with E-state index >= 15 is 0 Å². The molecule has 1 unspecified atom stereocenters. The lowest BCUT2D eigenvalue weighted by atomic mass is 10.2. The lowest BCUT2D eigenvalue weighted by Crippen LogP contribution is -2.48. The summed E-state index contributed by atoms with van der Waals surface area (Å²) in [6.45, 7) is 9.47. The smallest absolute Gasteiger partial charge is 0.317 e. The molecule has 0 aromatic rings. The summed E-state index contributed by atoms with van der Waals surface area (Å²) in [4.78, 5) is 26.3. The quantitative estimate of drug-likeness (QED) is 0.693. The molecule has 0 heterocycles. The van der Waals surface area contributed by atoms with Gasteiger partial charge in [0.25, 0.3) is 0 Å². The highest BCUT2D eigenvalue weighted by molar-refractivity contribution is 5.82. The van der Waals surface area contributed by atoms with Crippen LogP contribution in [0.25, 0.3) is 0 Å². The number of nitrogens with zero attached hydrogens (tertiary/aromatic N) is 2. The van der Waals surface area contributed by atoms with Crippen molar-refractivity contribution in [1.82, 2.24) is 9.80 Å². The van der Waals surface area contributed by atoms with E-state index in [-0.39, 0.29) is 18.5 Å². The fourth-order valence-corrected chi connectivity index (χ4v) is 1.83. The predicted molar refractivity (Wildman–Crippen MR) is 66.9 cm³/mol. The second-order valence-corrected chi connectivity index (χ2v) is 4.05. The van der Waals surface area contributed by atoms with E-state index in [1.54, 1.807) is 16.7 Å². The molecule has 5 heteroatoms. The Morgan fingerprint density at radius 2 is 1.71 bits per heavy atom. The van der Waals surface area contributed by atoms with Crippen LogP contribution in [0.1, 0.15) is 34.1 Å². The molecule has 0 rings (SSSR count). The molecule has 0 radical (unpaired) electrons. The molecular formula is C12H24N2O3. The minimum atomic E-state index is -0.891. The van der Waals surface area contributed by atoms with E-state index in [2.05, 4.69) is 0 Å². The maximum absolute atomic E-state index is 12.1. The number of amides is 1. The molecule has 0 aromatic carbocycles. The van der Waals surface area contributed by atoms with Gasteiger partial charge in [-0.2, -0.15) is 0 Å². The third-order valence-corrected chi connectivity index (χ3v) is 2.83. The number of likely N-dealkylation sites (N-methyl/N-ethyl adjacent to an activating group) is 1. The summed E-state index contributed by atoms with van der Waals surface area (Å²) in [5, 5.41) is 8.83. The van der Waals surface area contributed by atoms with Crippen LogP contribution in [0.15, 0.2) is 0 Å². The van der Waals surface area contributed by atoms with Crippen molar-refractivity contribution >= 4 is 11.9 Å². The molecule has 0 saturated carbocycles. The van der Waals surface area contributed by atoms with Crippen LogP contribution in [0.5, 0.6) is 0 Å². The largest absolute Gasteiger partial charge is 0.480 e. The van der Waals surface area contributed by atoms with Crippen LogP contribution in [0.2, 0.25) is 0 Å². The normalized spacial score (nSPS) is 12.5. The Balaban J connectivity index is 4.63. The Labute approximate surface area is 103 Å². The number of carbonyl (C=O) groups is 2. The van der Waals surface area contributed by atoms with Crippen molar-refractivity contribution in [3.05, 3.63) is 0 Å². The second kappa shape index (κ2) is 8.06. The fourth-order valence-electron chi connectivity index (χ4n) is 1.83. The molecule has 0 saturated heterocycles. The summed E-state index contributed by atoms with van der Waals surface area (Å²) >= 11 is 0. The molecule has 17 heavy (non-hydrogen) atoms. The molecule has 5 nitrogen and oxygen atoms in total. The molecule has 0 aliphatic heterocycles. The summed E-state index contributed by atoms with van der Waals surface area (Å²) < 4.78 is 0. The van der Waals surface area contributed by atoms with Gasteiger partial charge in [0.05, 0.1) is 12.6 Å². The topological polar surface area (TPSA) is 60.9 Å². The van der Waals surface area contributed by atoms with Gasteiger partial charge < -0.3 is 10.0 Å². The van der Waals surface area contributed by atoms with E-state index in [0.717, 1.165) is 6.42 Å². The van der Waals surface area contributed by atoms with Crippen LogP contribution in [-0.4, -0.2) is 59.0 Å². The standard InChI is InChI=1S/C12H24N2O3/c1-5-8-14(9-11(15)16)10(4)12(17)13(6-2)7-3/h10H,5-9H2,1-4H3,(H,15,16). The second-order valence-electron chi connectivity index (χ2n) is 4.05. The zero-order valence-electron chi connectivity index (χ0n) is 11.3. The summed E-state index contributed by atoms with van der Waals surface area (Å²) in [5.41, 5.74) is 0. The third-order valence-electron chi connectivity index (χ3n) is 2.83. The number of hydrogen-bond donors (Lipinski definition) is 1. The van der Waals surface area contributed by atoms with Crippen molar-refractivity contribution in [3.8, 4) is 0 Å². The Kier molecular flexibility index (Phi) is 7.54. The highest BCUT2D eigenvalue weighted by atomic mass is 16.4. The first kappa shape index (κ1) is 15.9. The maximum atomic E-state index is 12.1. The van der Waals surface area contributed by atoms with Crippen LogP contribution in [-0.2, 0) is 9.59 Å². The highest BCUT2D eigenvalue weighted by Gasteiger charge is 2.25. The van der Waals surface area contributed by atoms with Crippen molar-refractivity contribution in [2.75, 3.05) is 26.2 Å². The zero-order chi connectivity index (χ0) is 13.4. The lowest BCUT2D eigenvalue weighted by Gasteiger charge is -2.30. The molecule has 0 aromatic heterocycles. The monoisotopic (exact) mass is 244 g/mol. The average Bonchev–Trinajstić information content (AvgIpc) is 2.28. The first-order chi connectivity index (χ1) is 7.97. The number of hydrogen-bond acceptors (Lipinski definition) is 3. The molecule has 0 aliphatic rings. The van der Waals surface area contributed by atoms with E-state index in [1.807, 2.05) is 20.8 Å². The SMILES string of the molecule is CCCN(CC(=O)O)C(C)C(=O)N(CC)CC. The summed E-state index contributed by atoms with van der Waals surface area (Å²) in [7, 11) is 0. The van der Waals surface area contributed by atoms with E-state index in [0.29, 0.717) is 19.6 Å². The minimum absolute atomic E-state index is 0.00435. The maximum Gasteiger partial charge on any atom is 0.317 e. The molecule has 0 bridgehead atoms. The van der Waals surface area contributed by atoms with Gasteiger partial charge >= 0.3 is 5.97 Å². The Hall–Kier alpha value is -1.10. The van der Waals surface area contributed by atoms with Gasteiger partial charge in [-0.05, 0) is 33.7 Å². The van der Waals surface area contributed by atoms with Crippen molar-refractivity contribution < 1.29 is 14.7 Å². The number of aliphatic carboxylic acids is 1. The Bertz CT molecular complexity index is 252. The van der Waals surface area contributed by atoms with E-state index in [1.165, 1.54) is 0 Å². The third kappa shape index (κ3) is 5.17. The molecule has 1 atom stereocenters. The Morgan fingerprint density at radius 1 is 1.18 bits per heavy atom. The number of carboxylic acids is 1. The van der Waals surface area contributed by atoms with Gasteiger partial charge in [0.1, 0.15) is 0 Å². The van der Waals surface area contributed by atoms with Gasteiger partial charge in [-0.3, -0.25) is 14.5 Å². The van der Waals surface area contributed by atoms with Crippen molar-refractivity contribution in [2.24, 2.45) is 0 Å². The van der Waals surface area contributed by atoms with Crippen molar-refractivity contribution in [3.63, 3.8) is 0 Å². The van der Waals surface area contributed by atoms with Crippen LogP contribution in [0.3, 0.4) is 0 Å². The van der Waals surface area contributed by atoms with Crippen LogP contribution >= 0.6 is 0 Å². The van der Waals surface area contributed by atoms with Gasteiger partial charge in [0.15, 0.2) is 0 Å². The molecule has 1 N–H and O–H groups in total. The van der Waals surface area contributed by atoms with Gasteiger partial charge in [-0.15, -0.1) is 0 Å². The minimum Gasteiger partial charge on any atom is -0.480 e. The Morgan fingerprint density at radius 3 is 2.06 bits per heavy atom. The summed E-state index contributed by atoms with van der Waals surface area (Å²) in [5.74, 6) is -0.887. The average molecular weight is 244 g/mol. The highest BCUT2D eigenvalue weighted by Crippen LogP contribution is 2.05. The summed E-state index contributed by atoms with van der Waals surface area (Å²) in [6, 6.07) is -0.369. The van der Waals surface area contributed by atoms with Crippen LogP contribution in [0.4, 0.5) is 0 Å². The molecule has 100 valence electrons. The first-order valence-corrected chi connectivity index (χ1v) is 6.22. The van der Waals surface area contributed by atoms with E-state index in [9.17, 15) is 9.59 Å². The molecule has 0 aliphatic carbocycles. The van der Waals surface area contributed by atoms with Crippen molar-refractivity contribution in [1.29, 1.82) is 0 Å². The van der Waals surface area contributed by atoms with Gasteiger partial charge in [-0.1, -0.05) is 6.92 Å². The van der Waals surface area contributed by atoms with Crippen LogP contribution in [0, 0.1) is 0 Å². The number of carbonyl (C=O) groups excluding carboxylic acids is 1. The van der Waals surface area contributed by atoms with Gasteiger partial charge in [0, 0.05) is 13.1 Å². The molecule has 0 fully saturated rings. The number of carboxylic acid groups (broad SMARTS) is 1. The molecular weight excluding hydrogens is 220 g/mol. The van der Waals surface area contributed by atoms with Crippen LogP contribution < -0.4 is 0 Å². The summed E-state index contributed by atoms with van der Waals surface area (Å²) in [6.07, 6.45) is 0.836.